The zero-order chi connectivity index (χ0) is 22.5. The zero-order valence-electron chi connectivity index (χ0n) is 19.2. The van der Waals surface area contributed by atoms with E-state index in [1.54, 1.807) is 30.3 Å². The summed E-state index contributed by atoms with van der Waals surface area (Å²) < 4.78 is 14.9. The van der Waals surface area contributed by atoms with E-state index in [-0.39, 0.29) is 18.1 Å². The van der Waals surface area contributed by atoms with Gasteiger partial charge in [0.15, 0.2) is 11.5 Å². The molecule has 6 nitrogen and oxygen atoms in total. The van der Waals surface area contributed by atoms with Gasteiger partial charge in [0.2, 0.25) is 0 Å². The summed E-state index contributed by atoms with van der Waals surface area (Å²) in [5, 5.41) is 3.48. The minimum atomic E-state index is -0.0345. The summed E-state index contributed by atoms with van der Waals surface area (Å²) in [6, 6.07) is 22.4. The van der Waals surface area contributed by atoms with Crippen LogP contribution in [0, 0.1) is 0 Å². The quantitative estimate of drug-likeness (QED) is 0.374. The molecule has 0 aliphatic heterocycles. The molecule has 0 atom stereocenters. The van der Waals surface area contributed by atoms with Crippen molar-refractivity contribution in [3.63, 3.8) is 0 Å². The molecule has 3 aromatic carbocycles. The van der Waals surface area contributed by atoms with Gasteiger partial charge in [-0.3, -0.25) is 9.13 Å². The van der Waals surface area contributed by atoms with Crippen LogP contribution < -0.4 is 20.5 Å². The Morgan fingerprint density at radius 1 is 0.818 bits per heavy atom. The molecular formula is C26H30ClN3O3. The monoisotopic (exact) mass is 467 g/mol. The predicted molar refractivity (Wildman–Crippen MR) is 135 cm³/mol. The van der Waals surface area contributed by atoms with E-state index in [1.807, 2.05) is 36.4 Å². The van der Waals surface area contributed by atoms with E-state index >= 15 is 0 Å². The Balaban J connectivity index is 0.00000306. The molecule has 4 aromatic rings. The van der Waals surface area contributed by atoms with E-state index in [4.69, 9.17) is 9.47 Å². The smallest absolute Gasteiger partial charge is 0.328 e. The first kappa shape index (κ1) is 24.4. The summed E-state index contributed by atoms with van der Waals surface area (Å²) in [5.74, 6) is 1.41. The first-order valence-electron chi connectivity index (χ1n) is 10.8. The van der Waals surface area contributed by atoms with Crippen molar-refractivity contribution in [3.8, 4) is 11.5 Å². The molecule has 1 heterocycles. The summed E-state index contributed by atoms with van der Waals surface area (Å²) in [6.07, 6.45) is 0.997. The van der Waals surface area contributed by atoms with Crippen molar-refractivity contribution in [1.82, 2.24) is 14.5 Å². The number of ether oxygens (including phenoxy) is 2. The number of benzene rings is 3. The standard InChI is InChI=1S/C26H29N3O3.ClH/c1-28-22-11-9-21(15-23(22)29(2)26(28)30)18-32-24-12-10-20(16-25(24)31-3)17-27-14-13-19-7-5-4-6-8-19;/h4-12,15-16,27H,13-14,17-18H2,1-3H3;1H. The van der Waals surface area contributed by atoms with E-state index in [0.717, 1.165) is 41.7 Å². The Kier molecular flexibility index (Phi) is 8.20. The van der Waals surface area contributed by atoms with Crippen LogP contribution >= 0.6 is 12.4 Å². The van der Waals surface area contributed by atoms with Gasteiger partial charge in [-0.2, -0.15) is 0 Å². The van der Waals surface area contributed by atoms with Crippen molar-refractivity contribution < 1.29 is 9.47 Å². The van der Waals surface area contributed by atoms with Gasteiger partial charge in [-0.15, -0.1) is 12.4 Å². The molecule has 0 aliphatic carbocycles. The maximum absolute atomic E-state index is 12.1. The van der Waals surface area contributed by atoms with Crippen LogP contribution in [0.15, 0.2) is 71.5 Å². The maximum atomic E-state index is 12.1. The molecule has 0 saturated heterocycles. The third kappa shape index (κ3) is 5.59. The highest BCUT2D eigenvalue weighted by Crippen LogP contribution is 2.29. The Labute approximate surface area is 200 Å². The van der Waals surface area contributed by atoms with Crippen LogP contribution in [0.3, 0.4) is 0 Å². The lowest BCUT2D eigenvalue weighted by molar-refractivity contribution is 0.284. The van der Waals surface area contributed by atoms with E-state index in [2.05, 4.69) is 35.6 Å². The highest BCUT2D eigenvalue weighted by Gasteiger charge is 2.10. The topological polar surface area (TPSA) is 57.4 Å². The Hall–Kier alpha value is -3.22. The minimum absolute atomic E-state index is 0. The molecule has 0 aliphatic rings. The fourth-order valence-corrected chi connectivity index (χ4v) is 3.85. The van der Waals surface area contributed by atoms with Crippen LogP contribution in [0.5, 0.6) is 11.5 Å². The molecule has 0 saturated carbocycles. The molecule has 4 rings (SSSR count). The van der Waals surface area contributed by atoms with Gasteiger partial charge >= 0.3 is 5.69 Å². The molecule has 0 radical (unpaired) electrons. The van der Waals surface area contributed by atoms with Crippen molar-refractivity contribution in [2.75, 3.05) is 13.7 Å². The van der Waals surface area contributed by atoms with Crippen molar-refractivity contribution in [2.24, 2.45) is 14.1 Å². The van der Waals surface area contributed by atoms with Gasteiger partial charge in [0, 0.05) is 20.6 Å². The lowest BCUT2D eigenvalue weighted by atomic mass is 10.1. The van der Waals surface area contributed by atoms with E-state index in [9.17, 15) is 4.79 Å². The Morgan fingerprint density at radius 3 is 2.30 bits per heavy atom. The van der Waals surface area contributed by atoms with Crippen LogP contribution in [0.4, 0.5) is 0 Å². The van der Waals surface area contributed by atoms with Gasteiger partial charge in [0.05, 0.1) is 18.1 Å². The van der Waals surface area contributed by atoms with Crippen molar-refractivity contribution in [3.05, 3.63) is 93.9 Å². The average molecular weight is 468 g/mol. The van der Waals surface area contributed by atoms with Crippen molar-refractivity contribution in [1.29, 1.82) is 0 Å². The second-order valence-electron chi connectivity index (χ2n) is 7.91. The fourth-order valence-electron chi connectivity index (χ4n) is 3.85. The summed E-state index contributed by atoms with van der Waals surface area (Å²) in [6.45, 7) is 2.07. The third-order valence-corrected chi connectivity index (χ3v) is 5.72. The lowest BCUT2D eigenvalue weighted by Gasteiger charge is -2.13. The van der Waals surface area contributed by atoms with Crippen molar-refractivity contribution in [2.45, 2.75) is 19.6 Å². The summed E-state index contributed by atoms with van der Waals surface area (Å²) in [4.78, 5) is 12.1. The molecule has 1 aromatic heterocycles. The highest BCUT2D eigenvalue weighted by atomic mass is 35.5. The Morgan fingerprint density at radius 2 is 1.55 bits per heavy atom. The minimum Gasteiger partial charge on any atom is -0.493 e. The zero-order valence-corrected chi connectivity index (χ0v) is 20.0. The van der Waals surface area contributed by atoms with Gasteiger partial charge in [0.25, 0.3) is 0 Å². The number of nitrogens with one attached hydrogen (secondary N) is 1. The third-order valence-electron chi connectivity index (χ3n) is 5.72. The van der Waals surface area contributed by atoms with Crippen LogP contribution in [0.25, 0.3) is 11.0 Å². The molecular weight excluding hydrogens is 438 g/mol. The summed E-state index contributed by atoms with van der Waals surface area (Å²) >= 11 is 0. The molecule has 33 heavy (non-hydrogen) atoms. The van der Waals surface area contributed by atoms with Gasteiger partial charge in [-0.1, -0.05) is 42.5 Å². The second kappa shape index (κ2) is 11.1. The largest absolute Gasteiger partial charge is 0.493 e. The number of nitrogens with zero attached hydrogens (tertiary/aromatic N) is 2. The number of rotatable bonds is 9. The summed E-state index contributed by atoms with van der Waals surface area (Å²) in [5.41, 5.74) is 5.23. The van der Waals surface area contributed by atoms with Crippen LogP contribution in [-0.2, 0) is 33.7 Å². The molecule has 0 bridgehead atoms. The number of halogens is 1. The van der Waals surface area contributed by atoms with E-state index in [0.29, 0.717) is 18.1 Å². The SMILES string of the molecule is COc1cc(CNCCc2ccccc2)ccc1OCc1ccc2c(c1)n(C)c(=O)n2C.Cl. The molecule has 7 heteroatoms. The van der Waals surface area contributed by atoms with Gasteiger partial charge < -0.3 is 14.8 Å². The summed E-state index contributed by atoms with van der Waals surface area (Å²) in [7, 11) is 5.22. The molecule has 0 fully saturated rings. The molecule has 174 valence electrons. The molecule has 0 amide bonds. The van der Waals surface area contributed by atoms with E-state index in [1.165, 1.54) is 5.56 Å². The van der Waals surface area contributed by atoms with E-state index < -0.39 is 0 Å². The van der Waals surface area contributed by atoms with Gasteiger partial charge in [0.1, 0.15) is 6.61 Å². The molecule has 0 unspecified atom stereocenters. The molecule has 0 spiro atoms. The number of hydrogen-bond acceptors (Lipinski definition) is 4. The first-order chi connectivity index (χ1) is 15.6. The molecule has 1 N–H and O–H groups in total. The van der Waals surface area contributed by atoms with Crippen LogP contribution in [0.2, 0.25) is 0 Å². The van der Waals surface area contributed by atoms with Crippen LogP contribution in [0.1, 0.15) is 16.7 Å². The number of hydrogen-bond donors (Lipinski definition) is 1. The number of imidazole rings is 1. The predicted octanol–water partition coefficient (Wildman–Crippen LogP) is 4.22. The van der Waals surface area contributed by atoms with Gasteiger partial charge in [-0.05, 0) is 53.9 Å². The highest BCUT2D eigenvalue weighted by molar-refractivity contribution is 5.85. The number of fused-ring (bicyclic) bond motifs is 1. The second-order valence-corrected chi connectivity index (χ2v) is 7.91. The Bertz CT molecular complexity index is 1270. The normalized spacial score (nSPS) is 10.8. The lowest BCUT2D eigenvalue weighted by Crippen LogP contribution is -2.19. The first-order valence-corrected chi connectivity index (χ1v) is 10.8. The van der Waals surface area contributed by atoms with Crippen molar-refractivity contribution >= 4 is 23.4 Å². The number of aryl methyl sites for hydroxylation is 2. The number of aromatic nitrogens is 2. The van der Waals surface area contributed by atoms with Crippen LogP contribution in [-0.4, -0.2) is 22.8 Å². The fraction of sp³-hybridized carbons (Fsp3) is 0.269. The van der Waals surface area contributed by atoms with Gasteiger partial charge in [-0.25, -0.2) is 4.79 Å². The number of methoxy groups -OCH3 is 1. The maximum Gasteiger partial charge on any atom is 0.328 e. The average Bonchev–Trinajstić information content (AvgIpc) is 3.05.